The van der Waals surface area contributed by atoms with Gasteiger partial charge < -0.3 is 20.3 Å². The van der Waals surface area contributed by atoms with Crippen LogP contribution in [0.5, 0.6) is 5.75 Å². The molecule has 0 spiro atoms. The zero-order valence-corrected chi connectivity index (χ0v) is 13.0. The summed E-state index contributed by atoms with van der Waals surface area (Å²) in [5, 5.41) is 0. The van der Waals surface area contributed by atoms with Crippen molar-refractivity contribution in [1.29, 1.82) is 0 Å². The normalized spacial score (nSPS) is 14.7. The topological polar surface area (TPSA) is 84.6 Å². The van der Waals surface area contributed by atoms with Gasteiger partial charge in [-0.2, -0.15) is 0 Å². The molecule has 2 aromatic rings. The number of hydrogen-bond acceptors (Lipinski definition) is 6. The van der Waals surface area contributed by atoms with E-state index in [0.29, 0.717) is 13.1 Å². The Labute approximate surface area is 134 Å². The number of aromatic nitrogens is 2. The van der Waals surface area contributed by atoms with Crippen LogP contribution in [0.15, 0.2) is 36.7 Å². The minimum Gasteiger partial charge on any atom is -0.497 e. The molecule has 0 bridgehead atoms. The van der Waals surface area contributed by atoms with E-state index < -0.39 is 0 Å². The number of carbonyl (C=O) groups excluding carboxylic acids is 1. The van der Waals surface area contributed by atoms with Crippen molar-refractivity contribution in [3.63, 3.8) is 0 Å². The van der Waals surface area contributed by atoms with E-state index in [9.17, 15) is 4.79 Å². The van der Waals surface area contributed by atoms with Gasteiger partial charge in [0.25, 0.3) is 5.91 Å². The molecule has 120 valence electrons. The molecule has 1 saturated heterocycles. The average molecular weight is 313 g/mol. The van der Waals surface area contributed by atoms with Crippen molar-refractivity contribution in [2.45, 2.75) is 0 Å². The van der Waals surface area contributed by atoms with Gasteiger partial charge in [-0.05, 0) is 12.1 Å². The van der Waals surface area contributed by atoms with E-state index in [1.807, 2.05) is 24.3 Å². The van der Waals surface area contributed by atoms with E-state index in [1.165, 1.54) is 12.4 Å². The van der Waals surface area contributed by atoms with Gasteiger partial charge in [0, 0.05) is 50.3 Å². The molecule has 23 heavy (non-hydrogen) atoms. The maximum atomic E-state index is 12.5. The molecule has 0 radical (unpaired) electrons. The van der Waals surface area contributed by atoms with Gasteiger partial charge >= 0.3 is 0 Å². The maximum absolute atomic E-state index is 12.5. The lowest BCUT2D eigenvalue weighted by Gasteiger charge is -2.36. The van der Waals surface area contributed by atoms with Crippen LogP contribution in [0, 0.1) is 0 Å². The van der Waals surface area contributed by atoms with Gasteiger partial charge in [0.2, 0.25) is 0 Å². The smallest absolute Gasteiger partial charge is 0.276 e. The molecule has 3 rings (SSSR count). The molecule has 2 heterocycles. The molecule has 0 saturated carbocycles. The summed E-state index contributed by atoms with van der Waals surface area (Å²) in [6.45, 7) is 2.73. The second kappa shape index (κ2) is 6.51. The Balaban J connectivity index is 1.66. The third kappa shape index (κ3) is 3.18. The molecule has 1 fully saturated rings. The largest absolute Gasteiger partial charge is 0.497 e. The van der Waals surface area contributed by atoms with Crippen LogP contribution in [0.4, 0.5) is 11.5 Å². The minimum absolute atomic E-state index is 0.166. The maximum Gasteiger partial charge on any atom is 0.276 e. The summed E-state index contributed by atoms with van der Waals surface area (Å²) in [4.78, 5) is 24.4. The highest BCUT2D eigenvalue weighted by atomic mass is 16.5. The summed E-state index contributed by atoms with van der Waals surface area (Å²) in [7, 11) is 1.65. The fraction of sp³-hybridized carbons (Fsp3) is 0.312. The van der Waals surface area contributed by atoms with Crippen molar-refractivity contribution < 1.29 is 9.53 Å². The molecular weight excluding hydrogens is 294 g/mol. The molecule has 1 aliphatic heterocycles. The molecule has 1 aromatic carbocycles. The van der Waals surface area contributed by atoms with Crippen LogP contribution in [-0.2, 0) is 0 Å². The first kappa shape index (κ1) is 15.1. The molecule has 2 N–H and O–H groups in total. The van der Waals surface area contributed by atoms with Crippen molar-refractivity contribution >= 4 is 17.4 Å². The lowest BCUT2D eigenvalue weighted by atomic mass is 10.2. The minimum atomic E-state index is -0.166. The number of methoxy groups -OCH3 is 1. The van der Waals surface area contributed by atoms with Crippen LogP contribution < -0.4 is 15.4 Å². The highest BCUT2D eigenvalue weighted by Gasteiger charge is 2.24. The number of piperazine rings is 1. The standard InChI is InChI=1S/C16H19N5O2/c1-23-13-4-2-3-12(11-13)20-7-9-21(10-8-20)16(22)14-15(17)19-6-5-18-14/h2-6,11H,7-10H2,1H3,(H2,17,19). The van der Waals surface area contributed by atoms with Crippen LogP contribution in [0.25, 0.3) is 0 Å². The van der Waals surface area contributed by atoms with Crippen molar-refractivity contribution in [3.8, 4) is 5.75 Å². The van der Waals surface area contributed by atoms with Crippen molar-refractivity contribution in [3.05, 3.63) is 42.4 Å². The van der Waals surface area contributed by atoms with Gasteiger partial charge in [-0.15, -0.1) is 0 Å². The third-order valence-corrected chi connectivity index (χ3v) is 3.91. The summed E-state index contributed by atoms with van der Waals surface area (Å²) in [6.07, 6.45) is 2.96. The summed E-state index contributed by atoms with van der Waals surface area (Å²) >= 11 is 0. The third-order valence-electron chi connectivity index (χ3n) is 3.91. The van der Waals surface area contributed by atoms with Gasteiger partial charge in [-0.1, -0.05) is 6.07 Å². The van der Waals surface area contributed by atoms with Gasteiger partial charge in [-0.3, -0.25) is 4.79 Å². The van der Waals surface area contributed by atoms with Crippen LogP contribution >= 0.6 is 0 Å². The van der Waals surface area contributed by atoms with Crippen molar-refractivity contribution in [1.82, 2.24) is 14.9 Å². The van der Waals surface area contributed by atoms with Crippen LogP contribution in [0.3, 0.4) is 0 Å². The quantitative estimate of drug-likeness (QED) is 0.911. The molecular formula is C16H19N5O2. The van der Waals surface area contributed by atoms with Crippen LogP contribution in [-0.4, -0.2) is 54.1 Å². The van der Waals surface area contributed by atoms with E-state index >= 15 is 0 Å². The van der Waals surface area contributed by atoms with Gasteiger partial charge in [0.05, 0.1) is 7.11 Å². The Morgan fingerprint density at radius 1 is 1.17 bits per heavy atom. The Morgan fingerprint density at radius 3 is 2.61 bits per heavy atom. The number of benzene rings is 1. The Hall–Kier alpha value is -2.83. The fourth-order valence-electron chi connectivity index (χ4n) is 2.64. The van der Waals surface area contributed by atoms with Gasteiger partial charge in [0.15, 0.2) is 11.5 Å². The number of nitrogens with zero attached hydrogens (tertiary/aromatic N) is 4. The molecule has 7 heteroatoms. The van der Waals surface area contributed by atoms with Crippen LogP contribution in [0.2, 0.25) is 0 Å². The lowest BCUT2D eigenvalue weighted by Crippen LogP contribution is -2.49. The second-order valence-corrected chi connectivity index (χ2v) is 5.27. The number of anilines is 2. The summed E-state index contributed by atoms with van der Waals surface area (Å²) < 4.78 is 5.26. The van der Waals surface area contributed by atoms with E-state index in [2.05, 4.69) is 14.9 Å². The highest BCUT2D eigenvalue weighted by Crippen LogP contribution is 2.22. The number of rotatable bonds is 3. The molecule has 0 unspecified atom stereocenters. The number of nitrogen functional groups attached to an aromatic ring is 1. The first-order chi connectivity index (χ1) is 11.2. The van der Waals surface area contributed by atoms with E-state index in [1.54, 1.807) is 12.0 Å². The molecule has 7 nitrogen and oxygen atoms in total. The van der Waals surface area contributed by atoms with E-state index in [4.69, 9.17) is 10.5 Å². The Morgan fingerprint density at radius 2 is 1.91 bits per heavy atom. The molecule has 1 aliphatic rings. The molecule has 0 aliphatic carbocycles. The predicted octanol–water partition coefficient (Wildman–Crippen LogP) is 1.03. The van der Waals surface area contributed by atoms with Crippen LogP contribution in [0.1, 0.15) is 10.5 Å². The van der Waals surface area contributed by atoms with Gasteiger partial charge in [-0.25, -0.2) is 9.97 Å². The predicted molar refractivity (Wildman–Crippen MR) is 87.6 cm³/mol. The summed E-state index contributed by atoms with van der Waals surface area (Å²) in [5.74, 6) is 0.835. The summed E-state index contributed by atoms with van der Waals surface area (Å²) in [5.41, 5.74) is 7.05. The molecule has 1 aromatic heterocycles. The first-order valence-electron chi connectivity index (χ1n) is 7.44. The molecule has 0 atom stereocenters. The number of nitrogens with two attached hydrogens (primary N) is 1. The highest BCUT2D eigenvalue weighted by molar-refractivity contribution is 5.96. The van der Waals surface area contributed by atoms with E-state index in [0.717, 1.165) is 24.5 Å². The SMILES string of the molecule is COc1cccc(N2CCN(C(=O)c3nccnc3N)CC2)c1. The lowest BCUT2D eigenvalue weighted by molar-refractivity contribution is 0.0741. The zero-order chi connectivity index (χ0) is 16.2. The Bertz CT molecular complexity index is 698. The number of amides is 1. The average Bonchev–Trinajstić information content (AvgIpc) is 2.62. The van der Waals surface area contributed by atoms with Crippen molar-refractivity contribution in [2.24, 2.45) is 0 Å². The Kier molecular flexibility index (Phi) is 4.27. The fourth-order valence-corrected chi connectivity index (χ4v) is 2.64. The summed E-state index contributed by atoms with van der Waals surface area (Å²) in [6, 6.07) is 7.92. The molecule has 1 amide bonds. The number of hydrogen-bond donors (Lipinski definition) is 1. The van der Waals surface area contributed by atoms with Crippen molar-refractivity contribution in [2.75, 3.05) is 43.9 Å². The monoisotopic (exact) mass is 313 g/mol. The van der Waals surface area contributed by atoms with E-state index in [-0.39, 0.29) is 17.4 Å². The number of ether oxygens (including phenoxy) is 1. The second-order valence-electron chi connectivity index (χ2n) is 5.27. The van der Waals surface area contributed by atoms with Gasteiger partial charge in [0.1, 0.15) is 5.75 Å². The first-order valence-corrected chi connectivity index (χ1v) is 7.44. The zero-order valence-electron chi connectivity index (χ0n) is 13.0. The number of carbonyl (C=O) groups is 1.